The third kappa shape index (κ3) is 3.67. The molecule has 3 atom stereocenters. The van der Waals surface area contributed by atoms with E-state index in [1.807, 2.05) is 25.1 Å². The first-order chi connectivity index (χ1) is 13.2. The molecule has 2 N–H and O–H groups in total. The number of ether oxygens (including phenoxy) is 3. The van der Waals surface area contributed by atoms with E-state index in [-0.39, 0.29) is 24.0 Å². The molecule has 2 saturated carbocycles. The van der Waals surface area contributed by atoms with Crippen LogP contribution in [0.15, 0.2) is 23.2 Å². The molecule has 3 fully saturated rings. The summed E-state index contributed by atoms with van der Waals surface area (Å²) in [6.45, 7) is 6.26. The molecule has 3 unspecified atom stereocenters. The fraction of sp³-hybridized carbons (Fsp3) is 0.667. The van der Waals surface area contributed by atoms with Gasteiger partial charge in [0.25, 0.3) is 0 Å². The molecule has 1 saturated heterocycles. The molecule has 2 aliphatic carbocycles. The van der Waals surface area contributed by atoms with Crippen molar-refractivity contribution in [3.05, 3.63) is 18.2 Å². The fourth-order valence-electron chi connectivity index (χ4n) is 5.04. The van der Waals surface area contributed by atoms with Gasteiger partial charge in [-0.25, -0.2) is 0 Å². The van der Waals surface area contributed by atoms with E-state index in [4.69, 9.17) is 14.2 Å². The van der Waals surface area contributed by atoms with E-state index in [0.717, 1.165) is 42.7 Å². The van der Waals surface area contributed by atoms with E-state index < -0.39 is 0 Å². The summed E-state index contributed by atoms with van der Waals surface area (Å²) in [5.74, 6) is 2.93. The summed E-state index contributed by atoms with van der Waals surface area (Å²) in [7, 11) is 1.66. The van der Waals surface area contributed by atoms with Gasteiger partial charge in [-0.2, -0.15) is 0 Å². The number of hydrogen-bond donors (Lipinski definition) is 2. The van der Waals surface area contributed by atoms with Crippen molar-refractivity contribution in [2.24, 2.45) is 16.3 Å². The van der Waals surface area contributed by atoms with Crippen LogP contribution < -0.4 is 20.1 Å². The number of nitrogens with one attached hydrogen (secondary N) is 2. The Morgan fingerprint density at radius 3 is 2.75 bits per heavy atom. The number of rotatable bonds is 6. The van der Waals surface area contributed by atoms with Crippen molar-refractivity contribution >= 4 is 35.6 Å². The molecule has 1 aromatic carbocycles. The number of fused-ring (bicyclic) bond motifs is 2. The average molecular weight is 501 g/mol. The molecule has 4 rings (SSSR count). The molecule has 0 amide bonds. The monoisotopic (exact) mass is 501 g/mol. The normalized spacial score (nSPS) is 27.1. The maximum atomic E-state index is 6.04. The highest BCUT2D eigenvalue weighted by molar-refractivity contribution is 14.0. The minimum Gasteiger partial charge on any atom is -0.493 e. The zero-order chi connectivity index (χ0) is 18.9. The molecule has 1 heterocycles. The highest BCUT2D eigenvalue weighted by Gasteiger charge is 2.66. The van der Waals surface area contributed by atoms with E-state index in [0.29, 0.717) is 30.1 Å². The van der Waals surface area contributed by atoms with Crippen LogP contribution in [0.25, 0.3) is 0 Å². The van der Waals surface area contributed by atoms with Gasteiger partial charge in [0.1, 0.15) is 0 Å². The van der Waals surface area contributed by atoms with Crippen molar-refractivity contribution < 1.29 is 14.2 Å². The third-order valence-corrected chi connectivity index (χ3v) is 6.37. The zero-order valence-corrected chi connectivity index (χ0v) is 19.3. The SMILES string of the molecule is CCN=C(Nc1ccc(OC)c(OCC)c1)NC1C2CCOC2C12CCC2.I. The van der Waals surface area contributed by atoms with Crippen LogP contribution in [0.4, 0.5) is 5.69 Å². The van der Waals surface area contributed by atoms with Crippen molar-refractivity contribution in [3.8, 4) is 11.5 Å². The molecule has 0 radical (unpaired) electrons. The Balaban J connectivity index is 0.00000225. The van der Waals surface area contributed by atoms with E-state index in [1.54, 1.807) is 7.11 Å². The first kappa shape index (κ1) is 21.5. The first-order valence-electron chi connectivity index (χ1n) is 10.2. The van der Waals surface area contributed by atoms with Gasteiger partial charge in [0.15, 0.2) is 17.5 Å². The molecule has 1 spiro atoms. The zero-order valence-electron chi connectivity index (χ0n) is 17.0. The molecule has 28 heavy (non-hydrogen) atoms. The number of nitrogens with zero attached hydrogens (tertiary/aromatic N) is 1. The quantitative estimate of drug-likeness (QED) is 0.350. The van der Waals surface area contributed by atoms with Crippen LogP contribution in [-0.2, 0) is 4.74 Å². The molecule has 7 heteroatoms. The number of anilines is 1. The van der Waals surface area contributed by atoms with Gasteiger partial charge in [-0.15, -0.1) is 24.0 Å². The molecule has 1 aliphatic heterocycles. The van der Waals surface area contributed by atoms with Crippen LogP contribution in [0.1, 0.15) is 39.5 Å². The Labute approximate surface area is 184 Å². The second-order valence-corrected chi connectivity index (χ2v) is 7.70. The van der Waals surface area contributed by atoms with Crippen LogP contribution in [0.2, 0.25) is 0 Å². The smallest absolute Gasteiger partial charge is 0.196 e. The summed E-state index contributed by atoms with van der Waals surface area (Å²) in [5.41, 5.74) is 1.27. The van der Waals surface area contributed by atoms with Crippen molar-refractivity contribution in [3.63, 3.8) is 0 Å². The molecular formula is C21H32IN3O3. The van der Waals surface area contributed by atoms with Crippen LogP contribution in [0.3, 0.4) is 0 Å². The summed E-state index contributed by atoms with van der Waals surface area (Å²) < 4.78 is 17.1. The van der Waals surface area contributed by atoms with Crippen molar-refractivity contribution in [1.29, 1.82) is 0 Å². The summed E-state index contributed by atoms with van der Waals surface area (Å²) in [6.07, 6.45) is 5.46. The Kier molecular flexibility index (Phi) is 6.96. The lowest BCUT2D eigenvalue weighted by molar-refractivity contribution is -0.171. The predicted molar refractivity (Wildman–Crippen MR) is 122 cm³/mol. The fourth-order valence-corrected chi connectivity index (χ4v) is 5.04. The maximum absolute atomic E-state index is 6.04. The molecule has 6 nitrogen and oxygen atoms in total. The van der Waals surface area contributed by atoms with Crippen molar-refractivity contribution in [2.45, 2.75) is 51.7 Å². The van der Waals surface area contributed by atoms with E-state index >= 15 is 0 Å². The Morgan fingerprint density at radius 1 is 1.29 bits per heavy atom. The van der Waals surface area contributed by atoms with Crippen LogP contribution in [0.5, 0.6) is 11.5 Å². The Morgan fingerprint density at radius 2 is 2.11 bits per heavy atom. The average Bonchev–Trinajstić information content (AvgIpc) is 3.04. The lowest BCUT2D eigenvalue weighted by atomic mass is 9.46. The molecule has 0 bridgehead atoms. The highest BCUT2D eigenvalue weighted by Crippen LogP contribution is 2.62. The summed E-state index contributed by atoms with van der Waals surface area (Å²) >= 11 is 0. The van der Waals surface area contributed by atoms with Gasteiger partial charge in [0, 0.05) is 42.3 Å². The van der Waals surface area contributed by atoms with Crippen molar-refractivity contribution in [2.75, 3.05) is 32.2 Å². The van der Waals surface area contributed by atoms with E-state index in [9.17, 15) is 0 Å². The summed E-state index contributed by atoms with van der Waals surface area (Å²) in [5, 5.41) is 7.19. The lowest BCUT2D eigenvalue weighted by Crippen LogP contribution is -2.72. The number of guanidine groups is 1. The second kappa shape index (κ2) is 9.07. The molecule has 1 aromatic rings. The first-order valence-corrected chi connectivity index (χ1v) is 10.2. The van der Waals surface area contributed by atoms with Gasteiger partial charge < -0.3 is 24.8 Å². The summed E-state index contributed by atoms with van der Waals surface area (Å²) in [6, 6.07) is 6.35. The number of benzene rings is 1. The topological polar surface area (TPSA) is 64.1 Å². The van der Waals surface area contributed by atoms with Crippen LogP contribution in [-0.4, -0.2) is 45.0 Å². The van der Waals surface area contributed by atoms with Gasteiger partial charge in [0.2, 0.25) is 0 Å². The van der Waals surface area contributed by atoms with Gasteiger partial charge in [0.05, 0.1) is 19.8 Å². The Hall–Kier alpha value is -1.22. The molecular weight excluding hydrogens is 469 g/mol. The van der Waals surface area contributed by atoms with E-state index in [2.05, 4.69) is 22.5 Å². The van der Waals surface area contributed by atoms with Gasteiger partial charge in [-0.05, 0) is 45.2 Å². The maximum Gasteiger partial charge on any atom is 0.196 e. The van der Waals surface area contributed by atoms with Gasteiger partial charge in [-0.1, -0.05) is 6.42 Å². The second-order valence-electron chi connectivity index (χ2n) is 7.70. The minimum atomic E-state index is 0. The number of halogens is 1. The number of aliphatic imine (C=N–C) groups is 1. The number of hydrogen-bond acceptors (Lipinski definition) is 4. The van der Waals surface area contributed by atoms with Gasteiger partial charge in [-0.3, -0.25) is 4.99 Å². The number of methoxy groups -OCH3 is 1. The molecule has 0 aromatic heterocycles. The summed E-state index contributed by atoms with van der Waals surface area (Å²) in [4.78, 5) is 4.68. The predicted octanol–water partition coefficient (Wildman–Crippen LogP) is 4.05. The standard InChI is InChI=1S/C21H31N3O3.HI/c1-4-22-20(23-14-7-8-16(25-3)17(13-14)26-5-2)24-18-15-9-12-27-19(15)21(18)10-6-11-21;/h7-8,13,15,18-19H,4-6,9-12H2,1-3H3,(H2,22,23,24);1H. The largest absolute Gasteiger partial charge is 0.493 e. The highest BCUT2D eigenvalue weighted by atomic mass is 127. The van der Waals surface area contributed by atoms with Crippen LogP contribution >= 0.6 is 24.0 Å². The Bertz CT molecular complexity index is 708. The lowest BCUT2D eigenvalue weighted by Gasteiger charge is -2.63. The minimum absolute atomic E-state index is 0. The molecule has 156 valence electrons. The van der Waals surface area contributed by atoms with Crippen LogP contribution in [0, 0.1) is 11.3 Å². The third-order valence-electron chi connectivity index (χ3n) is 6.37. The van der Waals surface area contributed by atoms with Gasteiger partial charge >= 0.3 is 0 Å². The van der Waals surface area contributed by atoms with E-state index in [1.165, 1.54) is 19.3 Å². The molecule has 3 aliphatic rings. The van der Waals surface area contributed by atoms with Crippen molar-refractivity contribution in [1.82, 2.24) is 5.32 Å².